The minimum Gasteiger partial charge on any atom is -0.456 e. The predicted octanol–water partition coefficient (Wildman–Crippen LogP) is 5.11. The number of carbonyl (C=O) groups is 1. The fourth-order valence-electron chi connectivity index (χ4n) is 3.17. The van der Waals surface area contributed by atoms with Gasteiger partial charge in [0.25, 0.3) is 0 Å². The fraction of sp³-hybridized carbons (Fsp3) is 0.269. The van der Waals surface area contributed by atoms with Gasteiger partial charge in [-0.05, 0) is 70.0 Å². The van der Waals surface area contributed by atoms with Gasteiger partial charge in [-0.3, -0.25) is 14.8 Å². The van der Waals surface area contributed by atoms with E-state index in [-0.39, 0.29) is 17.5 Å². The number of ether oxygens (including phenoxy) is 1. The van der Waals surface area contributed by atoms with E-state index in [2.05, 4.69) is 15.3 Å². The van der Waals surface area contributed by atoms with E-state index in [0.29, 0.717) is 22.8 Å². The Morgan fingerprint density at radius 3 is 2.64 bits per heavy atom. The van der Waals surface area contributed by atoms with Gasteiger partial charge in [0, 0.05) is 30.1 Å². The lowest BCUT2D eigenvalue weighted by molar-refractivity contribution is -0.119. The third-order valence-corrected chi connectivity index (χ3v) is 4.83. The number of carbonyl (C=O) groups excluding carboxylic acids is 1. The van der Waals surface area contributed by atoms with Crippen LogP contribution in [0.1, 0.15) is 37.5 Å². The van der Waals surface area contributed by atoms with Crippen molar-refractivity contribution in [2.45, 2.75) is 46.6 Å². The molecule has 0 atom stereocenters. The maximum absolute atomic E-state index is 14.9. The molecule has 7 heteroatoms. The van der Waals surface area contributed by atoms with Gasteiger partial charge in [-0.25, -0.2) is 4.39 Å². The number of nitrogens with zero attached hydrogens (tertiary/aromatic N) is 2. The second-order valence-corrected chi connectivity index (χ2v) is 8.92. The lowest BCUT2D eigenvalue weighted by atomic mass is 10.1. The van der Waals surface area contributed by atoms with E-state index in [1.165, 1.54) is 18.5 Å². The van der Waals surface area contributed by atoms with Gasteiger partial charge >= 0.3 is 0 Å². The summed E-state index contributed by atoms with van der Waals surface area (Å²) in [7, 11) is 0. The first-order valence-electron chi connectivity index (χ1n) is 10.6. The van der Waals surface area contributed by atoms with Gasteiger partial charge in [0.15, 0.2) is 0 Å². The van der Waals surface area contributed by atoms with Crippen molar-refractivity contribution in [3.05, 3.63) is 77.0 Å². The molecule has 0 aliphatic heterocycles. The minimum absolute atomic E-state index is 0.148. The number of pyridine rings is 1. The molecular weight excluding hydrogens is 419 g/mol. The topological polar surface area (TPSA) is 89.6 Å². The van der Waals surface area contributed by atoms with Crippen molar-refractivity contribution in [3.8, 4) is 11.5 Å². The largest absolute Gasteiger partial charge is 0.456 e. The monoisotopic (exact) mass is 448 g/mol. The number of amides is 1. The van der Waals surface area contributed by atoms with Crippen molar-refractivity contribution < 1.29 is 13.9 Å². The van der Waals surface area contributed by atoms with Gasteiger partial charge in [0.05, 0.1) is 23.2 Å². The van der Waals surface area contributed by atoms with Crippen LogP contribution < -0.4 is 15.8 Å². The number of nitrogens with two attached hydrogens (primary N) is 1. The number of benzene rings is 2. The zero-order chi connectivity index (χ0) is 24.2. The Balaban J connectivity index is 1.78. The van der Waals surface area contributed by atoms with Gasteiger partial charge in [0.1, 0.15) is 17.3 Å². The first-order valence-corrected chi connectivity index (χ1v) is 10.6. The smallest absolute Gasteiger partial charge is 0.228 e. The Hall–Kier alpha value is -3.74. The molecule has 6 nitrogen and oxygen atoms in total. The van der Waals surface area contributed by atoms with E-state index in [1.807, 2.05) is 52.8 Å². The Morgan fingerprint density at radius 1 is 1.18 bits per heavy atom. The van der Waals surface area contributed by atoms with Crippen LogP contribution in [-0.4, -0.2) is 22.6 Å². The number of aliphatic imine (C=N–C) groups is 1. The summed E-state index contributed by atoms with van der Waals surface area (Å²) in [6.07, 6.45) is 4.26. The first-order chi connectivity index (χ1) is 15.6. The van der Waals surface area contributed by atoms with E-state index in [4.69, 9.17) is 10.5 Å². The molecule has 172 valence electrons. The number of hydrogen-bond donors (Lipinski definition) is 2. The number of hydrogen-bond acceptors (Lipinski definition) is 5. The second-order valence-electron chi connectivity index (χ2n) is 8.92. The molecule has 0 saturated carbocycles. The summed E-state index contributed by atoms with van der Waals surface area (Å²) in [5, 5.41) is 3.50. The Labute approximate surface area is 193 Å². The zero-order valence-electron chi connectivity index (χ0n) is 19.6. The van der Waals surface area contributed by atoms with Crippen LogP contribution in [0.5, 0.6) is 11.5 Å². The van der Waals surface area contributed by atoms with Crippen molar-refractivity contribution in [1.82, 2.24) is 10.3 Å². The molecule has 0 spiro atoms. The predicted molar refractivity (Wildman–Crippen MR) is 130 cm³/mol. The number of rotatable bonds is 6. The lowest BCUT2D eigenvalue weighted by Crippen LogP contribution is -2.27. The maximum atomic E-state index is 14.9. The highest BCUT2D eigenvalue weighted by Crippen LogP contribution is 2.32. The van der Waals surface area contributed by atoms with E-state index in [1.54, 1.807) is 18.3 Å². The van der Waals surface area contributed by atoms with Gasteiger partial charge < -0.3 is 15.8 Å². The molecule has 3 N–H and O–H groups in total. The maximum Gasteiger partial charge on any atom is 0.228 e. The van der Waals surface area contributed by atoms with Crippen LogP contribution in [0, 0.1) is 19.7 Å². The number of aryl methyl sites for hydroxylation is 2. The van der Waals surface area contributed by atoms with Crippen LogP contribution >= 0.6 is 0 Å². The van der Waals surface area contributed by atoms with E-state index >= 15 is 0 Å². The van der Waals surface area contributed by atoms with E-state index in [0.717, 1.165) is 16.5 Å². The highest BCUT2D eigenvalue weighted by Gasteiger charge is 2.15. The van der Waals surface area contributed by atoms with Crippen LogP contribution in [0.25, 0.3) is 10.9 Å². The average molecular weight is 449 g/mol. The molecule has 0 bridgehead atoms. The zero-order valence-corrected chi connectivity index (χ0v) is 19.6. The van der Waals surface area contributed by atoms with Gasteiger partial charge in [-0.1, -0.05) is 11.6 Å². The molecule has 0 unspecified atom stereocenters. The average Bonchev–Trinajstić information content (AvgIpc) is 2.74. The third-order valence-electron chi connectivity index (χ3n) is 4.83. The molecule has 3 rings (SSSR count). The molecule has 33 heavy (non-hydrogen) atoms. The quantitative estimate of drug-likeness (QED) is 0.513. The molecule has 0 fully saturated rings. The summed E-state index contributed by atoms with van der Waals surface area (Å²) in [6.45, 7) is 9.58. The standard InChI is InChI=1S/C26H29FN4O2/c1-16-6-7-22-20(10-16)23(8-9-29-22)33-24-13-21(27)18(11-17(24)2)12-25(32)31-19(14-28)15-30-26(3,4)5/h6-11,13-15H,12,28H2,1-5H3,(H,31,32)/b19-14+,30-15?. The Morgan fingerprint density at radius 2 is 1.94 bits per heavy atom. The van der Waals surface area contributed by atoms with Gasteiger partial charge in [-0.2, -0.15) is 0 Å². The van der Waals surface area contributed by atoms with E-state index in [9.17, 15) is 9.18 Å². The molecule has 0 saturated heterocycles. The molecule has 3 aromatic rings. The summed E-state index contributed by atoms with van der Waals surface area (Å²) in [4.78, 5) is 21.1. The molecule has 1 aromatic heterocycles. The Kier molecular flexibility index (Phi) is 7.11. The fourth-order valence-corrected chi connectivity index (χ4v) is 3.17. The number of allylic oxidation sites excluding steroid dienone is 1. The number of aromatic nitrogens is 1. The van der Waals surface area contributed by atoms with E-state index < -0.39 is 11.7 Å². The van der Waals surface area contributed by atoms with Crippen molar-refractivity contribution >= 4 is 23.0 Å². The van der Waals surface area contributed by atoms with Crippen molar-refractivity contribution in [2.75, 3.05) is 0 Å². The lowest BCUT2D eigenvalue weighted by Gasteiger charge is -2.14. The van der Waals surface area contributed by atoms with Crippen molar-refractivity contribution in [2.24, 2.45) is 10.7 Å². The second kappa shape index (κ2) is 9.81. The van der Waals surface area contributed by atoms with Crippen molar-refractivity contribution in [3.63, 3.8) is 0 Å². The first kappa shape index (κ1) is 23.9. The highest BCUT2D eigenvalue weighted by atomic mass is 19.1. The molecule has 0 radical (unpaired) electrons. The molecule has 2 aromatic carbocycles. The van der Waals surface area contributed by atoms with Crippen LogP contribution in [0.2, 0.25) is 0 Å². The molecule has 1 heterocycles. The number of fused-ring (bicyclic) bond motifs is 1. The van der Waals surface area contributed by atoms with Crippen LogP contribution in [-0.2, 0) is 11.2 Å². The van der Waals surface area contributed by atoms with Crippen LogP contribution in [0.3, 0.4) is 0 Å². The molecule has 1 amide bonds. The number of nitrogens with one attached hydrogen (secondary N) is 1. The Bertz CT molecular complexity index is 1240. The van der Waals surface area contributed by atoms with Crippen molar-refractivity contribution in [1.29, 1.82) is 0 Å². The normalized spacial score (nSPS) is 12.4. The summed E-state index contributed by atoms with van der Waals surface area (Å²) >= 11 is 0. The summed E-state index contributed by atoms with van der Waals surface area (Å²) < 4.78 is 20.9. The molecular formula is C26H29FN4O2. The van der Waals surface area contributed by atoms with Crippen LogP contribution in [0.15, 0.2) is 59.5 Å². The molecule has 0 aliphatic rings. The van der Waals surface area contributed by atoms with Gasteiger partial charge in [0.2, 0.25) is 5.91 Å². The van der Waals surface area contributed by atoms with Gasteiger partial charge in [-0.15, -0.1) is 0 Å². The minimum atomic E-state index is -0.526. The third kappa shape index (κ3) is 6.38. The summed E-state index contributed by atoms with van der Waals surface area (Å²) in [5.74, 6) is 0.0506. The summed E-state index contributed by atoms with van der Waals surface area (Å²) in [5.41, 5.74) is 8.46. The summed E-state index contributed by atoms with van der Waals surface area (Å²) in [6, 6.07) is 10.6. The molecule has 0 aliphatic carbocycles. The number of halogens is 1. The van der Waals surface area contributed by atoms with Crippen LogP contribution in [0.4, 0.5) is 4.39 Å². The SMILES string of the molecule is Cc1ccc2nccc(Oc3cc(F)c(CC(=O)N/C(C=NC(C)(C)C)=C/N)cc3C)c2c1. The highest BCUT2D eigenvalue weighted by molar-refractivity contribution is 5.89.